The van der Waals surface area contributed by atoms with Crippen molar-refractivity contribution in [2.24, 2.45) is 0 Å². The Morgan fingerprint density at radius 1 is 1.21 bits per heavy atom. The third kappa shape index (κ3) is 3.35. The SMILES string of the molecule is CNCCC=Cc1ccc(C)c(C)c1. The van der Waals surface area contributed by atoms with Gasteiger partial charge in [0.1, 0.15) is 0 Å². The minimum Gasteiger partial charge on any atom is -0.319 e. The van der Waals surface area contributed by atoms with E-state index in [0.717, 1.165) is 13.0 Å². The fourth-order valence-electron chi connectivity index (χ4n) is 1.32. The summed E-state index contributed by atoms with van der Waals surface area (Å²) in [4.78, 5) is 0. The highest BCUT2D eigenvalue weighted by Crippen LogP contribution is 2.11. The van der Waals surface area contributed by atoms with E-state index in [1.54, 1.807) is 0 Å². The lowest BCUT2D eigenvalue weighted by Crippen LogP contribution is -2.05. The summed E-state index contributed by atoms with van der Waals surface area (Å²) in [7, 11) is 1.98. The summed E-state index contributed by atoms with van der Waals surface area (Å²) in [5, 5.41) is 3.12. The molecular weight excluding hydrogens is 170 g/mol. The Kier molecular flexibility index (Phi) is 4.41. The summed E-state index contributed by atoms with van der Waals surface area (Å²) in [6.07, 6.45) is 5.48. The zero-order valence-electron chi connectivity index (χ0n) is 9.30. The molecule has 0 fully saturated rings. The van der Waals surface area contributed by atoms with Crippen LogP contribution in [0.3, 0.4) is 0 Å². The van der Waals surface area contributed by atoms with Gasteiger partial charge in [-0.25, -0.2) is 0 Å². The molecule has 76 valence electrons. The van der Waals surface area contributed by atoms with E-state index in [-0.39, 0.29) is 0 Å². The van der Waals surface area contributed by atoms with E-state index in [2.05, 4.69) is 49.5 Å². The Hall–Kier alpha value is -1.08. The van der Waals surface area contributed by atoms with Crippen LogP contribution >= 0.6 is 0 Å². The molecule has 1 heteroatoms. The van der Waals surface area contributed by atoms with Crippen LogP contribution in [-0.4, -0.2) is 13.6 Å². The standard InChI is InChI=1S/C13H19N/c1-11-7-8-13(10-12(11)2)6-4-5-9-14-3/h4,6-8,10,14H,5,9H2,1-3H3. The third-order valence-electron chi connectivity index (χ3n) is 2.40. The molecule has 0 atom stereocenters. The van der Waals surface area contributed by atoms with Crippen molar-refractivity contribution >= 4 is 6.08 Å². The largest absolute Gasteiger partial charge is 0.319 e. The monoisotopic (exact) mass is 189 g/mol. The molecule has 1 aromatic carbocycles. The van der Waals surface area contributed by atoms with Gasteiger partial charge in [-0.2, -0.15) is 0 Å². The van der Waals surface area contributed by atoms with Crippen LogP contribution in [0.15, 0.2) is 24.3 Å². The summed E-state index contributed by atoms with van der Waals surface area (Å²) in [6, 6.07) is 6.57. The van der Waals surface area contributed by atoms with E-state index in [9.17, 15) is 0 Å². The van der Waals surface area contributed by atoms with Gasteiger partial charge in [0.2, 0.25) is 0 Å². The maximum atomic E-state index is 3.12. The Labute approximate surface area is 86.8 Å². The van der Waals surface area contributed by atoms with E-state index in [4.69, 9.17) is 0 Å². The lowest BCUT2D eigenvalue weighted by molar-refractivity contribution is 0.809. The first-order valence-electron chi connectivity index (χ1n) is 5.12. The molecule has 14 heavy (non-hydrogen) atoms. The Balaban J connectivity index is 2.59. The Morgan fingerprint density at radius 2 is 2.00 bits per heavy atom. The van der Waals surface area contributed by atoms with Gasteiger partial charge >= 0.3 is 0 Å². The van der Waals surface area contributed by atoms with Crippen molar-refractivity contribution in [3.8, 4) is 0 Å². The summed E-state index contributed by atoms with van der Waals surface area (Å²) >= 11 is 0. The number of hydrogen-bond acceptors (Lipinski definition) is 1. The molecule has 1 N–H and O–H groups in total. The van der Waals surface area contributed by atoms with Crippen LogP contribution in [0.2, 0.25) is 0 Å². The molecule has 0 radical (unpaired) electrons. The molecule has 0 heterocycles. The molecule has 0 aliphatic heterocycles. The molecule has 0 saturated heterocycles. The average Bonchev–Trinajstić information content (AvgIpc) is 2.18. The fourth-order valence-corrected chi connectivity index (χ4v) is 1.32. The number of aryl methyl sites for hydroxylation is 2. The minimum absolute atomic E-state index is 1.04. The van der Waals surface area contributed by atoms with Crippen LogP contribution in [0.4, 0.5) is 0 Å². The second-order valence-corrected chi connectivity index (χ2v) is 3.64. The predicted octanol–water partition coefficient (Wildman–Crippen LogP) is 2.93. The molecule has 1 aromatic rings. The Morgan fingerprint density at radius 3 is 2.64 bits per heavy atom. The van der Waals surface area contributed by atoms with Gasteiger partial charge in [0.15, 0.2) is 0 Å². The van der Waals surface area contributed by atoms with Crippen LogP contribution in [0.25, 0.3) is 6.08 Å². The quantitative estimate of drug-likeness (QED) is 0.718. The first kappa shape index (κ1) is 11.0. The lowest BCUT2D eigenvalue weighted by atomic mass is 10.1. The number of benzene rings is 1. The highest BCUT2D eigenvalue weighted by Gasteiger charge is 1.91. The van der Waals surface area contributed by atoms with Gasteiger partial charge in [-0.05, 0) is 50.6 Å². The smallest absolute Gasteiger partial charge is 0.00172 e. The molecule has 0 spiro atoms. The number of rotatable bonds is 4. The molecule has 0 saturated carbocycles. The maximum Gasteiger partial charge on any atom is -0.00172 e. The van der Waals surface area contributed by atoms with Crippen molar-refractivity contribution in [2.45, 2.75) is 20.3 Å². The molecule has 1 nitrogen and oxygen atoms in total. The molecule has 1 rings (SSSR count). The summed E-state index contributed by atoms with van der Waals surface area (Å²) < 4.78 is 0. The van der Waals surface area contributed by atoms with Crippen LogP contribution in [0.5, 0.6) is 0 Å². The van der Waals surface area contributed by atoms with Crippen LogP contribution in [0, 0.1) is 13.8 Å². The lowest BCUT2D eigenvalue weighted by Gasteiger charge is -2.00. The van der Waals surface area contributed by atoms with Crippen LogP contribution < -0.4 is 5.32 Å². The van der Waals surface area contributed by atoms with Gasteiger partial charge in [-0.3, -0.25) is 0 Å². The highest BCUT2D eigenvalue weighted by atomic mass is 14.8. The molecule has 0 unspecified atom stereocenters. The van der Waals surface area contributed by atoms with Gasteiger partial charge in [0.05, 0.1) is 0 Å². The minimum atomic E-state index is 1.04. The molecule has 0 bridgehead atoms. The average molecular weight is 189 g/mol. The van der Waals surface area contributed by atoms with Gasteiger partial charge in [0, 0.05) is 0 Å². The van der Waals surface area contributed by atoms with E-state index < -0.39 is 0 Å². The third-order valence-corrected chi connectivity index (χ3v) is 2.40. The van der Waals surface area contributed by atoms with Gasteiger partial charge in [-0.1, -0.05) is 30.4 Å². The summed E-state index contributed by atoms with van der Waals surface area (Å²) in [6.45, 7) is 5.34. The predicted molar refractivity (Wildman–Crippen MR) is 63.5 cm³/mol. The molecule has 0 aromatic heterocycles. The van der Waals surface area contributed by atoms with Gasteiger partial charge < -0.3 is 5.32 Å². The second-order valence-electron chi connectivity index (χ2n) is 3.64. The highest BCUT2D eigenvalue weighted by molar-refractivity contribution is 5.51. The van der Waals surface area contributed by atoms with E-state index in [1.807, 2.05) is 7.05 Å². The number of hydrogen-bond donors (Lipinski definition) is 1. The zero-order chi connectivity index (χ0) is 10.4. The van der Waals surface area contributed by atoms with E-state index in [1.165, 1.54) is 16.7 Å². The summed E-state index contributed by atoms with van der Waals surface area (Å²) in [5.41, 5.74) is 4.02. The van der Waals surface area contributed by atoms with E-state index in [0.29, 0.717) is 0 Å². The number of nitrogens with one attached hydrogen (secondary N) is 1. The Bertz CT molecular complexity index is 313. The van der Waals surface area contributed by atoms with Crippen LogP contribution in [0.1, 0.15) is 23.1 Å². The van der Waals surface area contributed by atoms with Crippen molar-refractivity contribution in [1.29, 1.82) is 0 Å². The molecular formula is C13H19N. The zero-order valence-corrected chi connectivity index (χ0v) is 9.30. The normalized spacial score (nSPS) is 11.1. The van der Waals surface area contributed by atoms with Crippen molar-refractivity contribution in [1.82, 2.24) is 5.32 Å². The second kappa shape index (κ2) is 5.61. The topological polar surface area (TPSA) is 12.0 Å². The first-order valence-corrected chi connectivity index (χ1v) is 5.12. The van der Waals surface area contributed by atoms with E-state index >= 15 is 0 Å². The first-order chi connectivity index (χ1) is 6.74. The summed E-state index contributed by atoms with van der Waals surface area (Å²) in [5.74, 6) is 0. The molecule has 0 aliphatic rings. The van der Waals surface area contributed by atoms with Crippen molar-refractivity contribution in [2.75, 3.05) is 13.6 Å². The van der Waals surface area contributed by atoms with Gasteiger partial charge in [0.25, 0.3) is 0 Å². The molecule has 0 aliphatic carbocycles. The van der Waals surface area contributed by atoms with Crippen molar-refractivity contribution < 1.29 is 0 Å². The molecule has 0 amide bonds. The fraction of sp³-hybridized carbons (Fsp3) is 0.385. The van der Waals surface area contributed by atoms with Crippen molar-refractivity contribution in [3.05, 3.63) is 41.0 Å². The van der Waals surface area contributed by atoms with Crippen molar-refractivity contribution in [3.63, 3.8) is 0 Å². The van der Waals surface area contributed by atoms with Gasteiger partial charge in [-0.15, -0.1) is 0 Å². The maximum absolute atomic E-state index is 3.12. The van der Waals surface area contributed by atoms with Crippen LogP contribution in [-0.2, 0) is 0 Å².